The lowest BCUT2D eigenvalue weighted by Gasteiger charge is -2.11. The Kier molecular flexibility index (Phi) is 6.12. The number of amides is 1. The minimum atomic E-state index is -0.377. The van der Waals surface area contributed by atoms with E-state index in [-0.39, 0.29) is 23.2 Å². The van der Waals surface area contributed by atoms with Gasteiger partial charge in [-0.05, 0) is 45.0 Å². The fourth-order valence-electron chi connectivity index (χ4n) is 1.63. The Morgan fingerprint density at radius 1 is 1.22 bits per heavy atom. The molecule has 0 bridgehead atoms. The van der Waals surface area contributed by atoms with E-state index < -0.39 is 0 Å². The van der Waals surface area contributed by atoms with Gasteiger partial charge in [-0.2, -0.15) is 0 Å². The van der Waals surface area contributed by atoms with Gasteiger partial charge in [-0.15, -0.1) is 10.2 Å². The fourth-order valence-corrected chi connectivity index (χ4v) is 3.26. The third-order valence-corrected chi connectivity index (χ3v) is 4.63. The van der Waals surface area contributed by atoms with Crippen molar-refractivity contribution in [3.05, 3.63) is 35.3 Å². The Hall–Kier alpha value is -1.93. The maximum Gasteiger partial charge on any atom is 0.338 e. The molecule has 122 valence electrons. The first-order chi connectivity index (χ1) is 11.0. The lowest BCUT2D eigenvalue weighted by molar-refractivity contribution is -0.115. The molecule has 2 aromatic rings. The van der Waals surface area contributed by atoms with E-state index in [9.17, 15) is 9.59 Å². The molecule has 0 aliphatic carbocycles. The number of thioether (sulfide) groups is 1. The van der Waals surface area contributed by atoms with Crippen LogP contribution >= 0.6 is 23.1 Å². The van der Waals surface area contributed by atoms with Crippen LogP contribution in [0.2, 0.25) is 0 Å². The summed E-state index contributed by atoms with van der Waals surface area (Å²) in [4.78, 5) is 23.9. The van der Waals surface area contributed by atoms with E-state index in [1.807, 2.05) is 0 Å². The first-order valence-corrected chi connectivity index (χ1v) is 8.76. The Balaban J connectivity index is 1.92. The summed E-state index contributed by atoms with van der Waals surface area (Å²) >= 11 is 2.75. The second-order valence-electron chi connectivity index (χ2n) is 4.99. The van der Waals surface area contributed by atoms with Crippen LogP contribution in [0.1, 0.15) is 31.1 Å². The van der Waals surface area contributed by atoms with Crippen LogP contribution < -0.4 is 5.32 Å². The van der Waals surface area contributed by atoms with Gasteiger partial charge in [-0.25, -0.2) is 4.79 Å². The van der Waals surface area contributed by atoms with Gasteiger partial charge in [-0.1, -0.05) is 23.1 Å². The Labute approximate surface area is 142 Å². The van der Waals surface area contributed by atoms with Gasteiger partial charge in [0.2, 0.25) is 5.91 Å². The van der Waals surface area contributed by atoms with Gasteiger partial charge < -0.3 is 10.1 Å². The zero-order valence-corrected chi connectivity index (χ0v) is 14.6. The van der Waals surface area contributed by atoms with Crippen molar-refractivity contribution in [2.24, 2.45) is 0 Å². The maximum absolute atomic E-state index is 12.1. The molecule has 1 amide bonds. The normalized spacial score (nSPS) is 12.0. The SMILES string of the molecule is CC(C)OC(=O)c1ccc(NC(=O)[C@H](C)Sc2nncs2)cc1. The average Bonchev–Trinajstić information content (AvgIpc) is 3.00. The number of carbonyl (C=O) groups excluding carboxylic acids is 2. The second kappa shape index (κ2) is 8.07. The standard InChI is InChI=1S/C15H17N3O3S2/c1-9(2)21-14(20)11-4-6-12(7-5-11)17-13(19)10(3)23-15-18-16-8-22-15/h4-10H,1-3H3,(H,17,19)/t10-/m0/s1. The number of hydrogen-bond acceptors (Lipinski definition) is 7. The topological polar surface area (TPSA) is 81.2 Å². The van der Waals surface area contributed by atoms with E-state index in [1.165, 1.54) is 23.1 Å². The van der Waals surface area contributed by atoms with Crippen molar-refractivity contribution in [3.63, 3.8) is 0 Å². The summed E-state index contributed by atoms with van der Waals surface area (Å²) < 4.78 is 5.86. The van der Waals surface area contributed by atoms with Gasteiger partial charge >= 0.3 is 5.97 Å². The molecule has 0 radical (unpaired) electrons. The molecule has 0 spiro atoms. The molecule has 2 rings (SSSR count). The maximum atomic E-state index is 12.1. The summed E-state index contributed by atoms with van der Waals surface area (Å²) in [5.41, 5.74) is 2.70. The van der Waals surface area contributed by atoms with Crippen molar-refractivity contribution in [3.8, 4) is 0 Å². The van der Waals surface area contributed by atoms with Crippen LogP contribution in [0.25, 0.3) is 0 Å². The van der Waals surface area contributed by atoms with Crippen molar-refractivity contribution in [1.82, 2.24) is 10.2 Å². The third kappa shape index (κ3) is 5.33. The number of nitrogens with one attached hydrogen (secondary N) is 1. The fraction of sp³-hybridized carbons (Fsp3) is 0.333. The highest BCUT2D eigenvalue weighted by atomic mass is 32.2. The molecule has 1 aromatic heterocycles. The highest BCUT2D eigenvalue weighted by molar-refractivity contribution is 8.02. The molecule has 0 fully saturated rings. The van der Waals surface area contributed by atoms with Crippen LogP contribution in [0, 0.1) is 0 Å². The van der Waals surface area contributed by atoms with E-state index in [2.05, 4.69) is 15.5 Å². The average molecular weight is 351 g/mol. The number of ether oxygens (including phenoxy) is 1. The molecular formula is C15H17N3O3S2. The van der Waals surface area contributed by atoms with Crippen molar-refractivity contribution in [2.75, 3.05) is 5.32 Å². The highest BCUT2D eigenvalue weighted by Gasteiger charge is 2.16. The molecule has 0 saturated heterocycles. The molecule has 8 heteroatoms. The Morgan fingerprint density at radius 2 is 1.91 bits per heavy atom. The van der Waals surface area contributed by atoms with Gasteiger partial charge in [0.05, 0.1) is 16.9 Å². The molecule has 0 unspecified atom stereocenters. The largest absolute Gasteiger partial charge is 0.459 e. The van der Waals surface area contributed by atoms with Crippen molar-refractivity contribution < 1.29 is 14.3 Å². The highest BCUT2D eigenvalue weighted by Crippen LogP contribution is 2.25. The molecule has 0 aliphatic heterocycles. The summed E-state index contributed by atoms with van der Waals surface area (Å²) in [5.74, 6) is -0.513. The molecule has 1 heterocycles. The van der Waals surface area contributed by atoms with Gasteiger partial charge in [0.1, 0.15) is 5.51 Å². The summed E-state index contributed by atoms with van der Waals surface area (Å²) in [6.45, 7) is 5.39. The van der Waals surface area contributed by atoms with Crippen LogP contribution in [0.15, 0.2) is 34.1 Å². The Bertz CT molecular complexity index is 657. The van der Waals surface area contributed by atoms with E-state index in [0.717, 1.165) is 4.34 Å². The zero-order valence-electron chi connectivity index (χ0n) is 13.0. The van der Waals surface area contributed by atoms with Gasteiger partial charge in [-0.3, -0.25) is 4.79 Å². The Morgan fingerprint density at radius 3 is 2.48 bits per heavy atom. The first kappa shape index (κ1) is 17.4. The third-order valence-electron chi connectivity index (χ3n) is 2.72. The monoisotopic (exact) mass is 351 g/mol. The summed E-state index contributed by atoms with van der Waals surface area (Å²) in [6, 6.07) is 6.61. The number of anilines is 1. The van der Waals surface area contributed by atoms with Crippen LogP contribution in [0.4, 0.5) is 5.69 Å². The van der Waals surface area contributed by atoms with Crippen molar-refractivity contribution >= 4 is 40.7 Å². The van der Waals surface area contributed by atoms with Crippen molar-refractivity contribution in [2.45, 2.75) is 36.5 Å². The van der Waals surface area contributed by atoms with Crippen LogP contribution in [-0.2, 0) is 9.53 Å². The molecule has 0 aliphatic rings. The lowest BCUT2D eigenvalue weighted by atomic mass is 10.2. The molecule has 6 nitrogen and oxygen atoms in total. The number of esters is 1. The molecular weight excluding hydrogens is 334 g/mol. The summed E-state index contributed by atoms with van der Waals surface area (Å²) in [6.07, 6.45) is -0.167. The van der Waals surface area contributed by atoms with Crippen LogP contribution in [0.5, 0.6) is 0 Å². The lowest BCUT2D eigenvalue weighted by Crippen LogP contribution is -2.22. The minimum Gasteiger partial charge on any atom is -0.459 e. The van der Waals surface area contributed by atoms with Crippen LogP contribution in [0.3, 0.4) is 0 Å². The predicted octanol–water partition coefficient (Wildman–Crippen LogP) is 3.22. The molecule has 0 saturated carbocycles. The summed E-state index contributed by atoms with van der Waals surface area (Å²) in [7, 11) is 0. The molecule has 23 heavy (non-hydrogen) atoms. The molecule has 1 atom stereocenters. The predicted molar refractivity (Wildman–Crippen MR) is 90.9 cm³/mol. The number of hydrogen-bond donors (Lipinski definition) is 1. The smallest absolute Gasteiger partial charge is 0.338 e. The molecule has 1 N–H and O–H groups in total. The number of aromatic nitrogens is 2. The quantitative estimate of drug-likeness (QED) is 0.636. The number of nitrogens with zero attached hydrogens (tertiary/aromatic N) is 2. The van der Waals surface area contributed by atoms with Crippen molar-refractivity contribution in [1.29, 1.82) is 0 Å². The second-order valence-corrected chi connectivity index (χ2v) is 7.41. The number of rotatable bonds is 6. The summed E-state index contributed by atoms with van der Waals surface area (Å²) in [5, 5.41) is 10.1. The van der Waals surface area contributed by atoms with Gasteiger partial charge in [0.25, 0.3) is 0 Å². The van der Waals surface area contributed by atoms with Crippen LogP contribution in [-0.4, -0.2) is 33.4 Å². The van der Waals surface area contributed by atoms with Gasteiger partial charge in [0, 0.05) is 5.69 Å². The molecule has 1 aromatic carbocycles. The minimum absolute atomic E-state index is 0.136. The van der Waals surface area contributed by atoms with E-state index in [4.69, 9.17) is 4.74 Å². The van der Waals surface area contributed by atoms with Gasteiger partial charge in [0.15, 0.2) is 4.34 Å². The van der Waals surface area contributed by atoms with E-state index in [0.29, 0.717) is 11.3 Å². The first-order valence-electron chi connectivity index (χ1n) is 7.00. The van der Waals surface area contributed by atoms with E-state index in [1.54, 1.807) is 50.5 Å². The number of benzene rings is 1. The number of carbonyl (C=O) groups is 2. The zero-order chi connectivity index (χ0) is 16.8. The van der Waals surface area contributed by atoms with E-state index >= 15 is 0 Å².